The lowest BCUT2D eigenvalue weighted by Gasteiger charge is -2.21. The molecule has 1 aliphatic heterocycles. The molecule has 0 bridgehead atoms. The number of primary amides is 1. The summed E-state index contributed by atoms with van der Waals surface area (Å²) < 4.78 is 5.48. The molecule has 1 heterocycles. The van der Waals surface area contributed by atoms with Gasteiger partial charge in [-0.05, 0) is 12.1 Å². The van der Waals surface area contributed by atoms with Crippen LogP contribution in [0.4, 0.5) is 5.69 Å². The van der Waals surface area contributed by atoms with Gasteiger partial charge in [-0.3, -0.25) is 9.59 Å². The quantitative estimate of drug-likeness (QED) is 0.835. The summed E-state index contributed by atoms with van der Waals surface area (Å²) >= 11 is 0. The average molecular weight is 234 g/mol. The van der Waals surface area contributed by atoms with E-state index in [2.05, 4.69) is 0 Å². The van der Waals surface area contributed by atoms with Gasteiger partial charge in [-0.2, -0.15) is 0 Å². The Bertz CT molecular complexity index is 445. The first kappa shape index (κ1) is 11.4. The van der Waals surface area contributed by atoms with Crippen LogP contribution >= 0.6 is 0 Å². The third-order valence-electron chi connectivity index (χ3n) is 2.61. The zero-order valence-corrected chi connectivity index (χ0v) is 9.39. The molecule has 0 fully saturated rings. The average Bonchev–Trinajstić information content (AvgIpc) is 2.45. The SMILES string of the molecule is NC(=O)CCN1C(=O)CCOc2ccccc21. The maximum Gasteiger partial charge on any atom is 0.230 e. The smallest absolute Gasteiger partial charge is 0.230 e. The molecule has 0 saturated heterocycles. The van der Waals surface area contributed by atoms with Gasteiger partial charge in [0.2, 0.25) is 11.8 Å². The first-order chi connectivity index (χ1) is 8.18. The van der Waals surface area contributed by atoms with E-state index in [1.165, 1.54) is 0 Å². The number of nitrogens with two attached hydrogens (primary N) is 1. The van der Waals surface area contributed by atoms with Gasteiger partial charge < -0.3 is 15.4 Å². The Morgan fingerprint density at radius 2 is 2.18 bits per heavy atom. The van der Waals surface area contributed by atoms with Crippen molar-refractivity contribution in [2.24, 2.45) is 5.73 Å². The van der Waals surface area contributed by atoms with Gasteiger partial charge in [0.15, 0.2) is 0 Å². The number of para-hydroxylation sites is 2. The first-order valence-corrected chi connectivity index (χ1v) is 5.49. The number of hydrogen-bond acceptors (Lipinski definition) is 3. The molecular formula is C12H14N2O3. The highest BCUT2D eigenvalue weighted by Gasteiger charge is 2.22. The highest BCUT2D eigenvalue weighted by molar-refractivity contribution is 5.96. The molecule has 2 rings (SSSR count). The van der Waals surface area contributed by atoms with E-state index in [-0.39, 0.29) is 12.3 Å². The Balaban J connectivity index is 2.27. The van der Waals surface area contributed by atoms with Gasteiger partial charge in [-0.25, -0.2) is 0 Å². The summed E-state index contributed by atoms with van der Waals surface area (Å²) in [7, 11) is 0. The number of benzene rings is 1. The van der Waals surface area contributed by atoms with Crippen molar-refractivity contribution in [1.82, 2.24) is 0 Å². The second kappa shape index (κ2) is 4.86. The van der Waals surface area contributed by atoms with Crippen LogP contribution in [0.15, 0.2) is 24.3 Å². The summed E-state index contributed by atoms with van der Waals surface area (Å²) in [5, 5.41) is 0. The van der Waals surface area contributed by atoms with Crippen LogP contribution in [0, 0.1) is 0 Å². The van der Waals surface area contributed by atoms with Gasteiger partial charge >= 0.3 is 0 Å². The molecule has 1 aliphatic rings. The molecule has 0 aromatic heterocycles. The highest BCUT2D eigenvalue weighted by atomic mass is 16.5. The molecule has 0 aliphatic carbocycles. The van der Waals surface area contributed by atoms with Crippen molar-refractivity contribution >= 4 is 17.5 Å². The number of fused-ring (bicyclic) bond motifs is 1. The monoisotopic (exact) mass is 234 g/mol. The van der Waals surface area contributed by atoms with Crippen LogP contribution in [-0.2, 0) is 9.59 Å². The fourth-order valence-electron chi connectivity index (χ4n) is 1.79. The standard InChI is InChI=1S/C12H14N2O3/c13-11(15)5-7-14-9-3-1-2-4-10(9)17-8-6-12(14)16/h1-4H,5-8H2,(H2,13,15). The van der Waals surface area contributed by atoms with Crippen molar-refractivity contribution in [2.75, 3.05) is 18.1 Å². The van der Waals surface area contributed by atoms with Crippen LogP contribution < -0.4 is 15.4 Å². The van der Waals surface area contributed by atoms with Gasteiger partial charge in [-0.15, -0.1) is 0 Å². The minimum atomic E-state index is -0.416. The van der Waals surface area contributed by atoms with E-state index in [4.69, 9.17) is 10.5 Å². The Hall–Kier alpha value is -2.04. The molecule has 0 spiro atoms. The van der Waals surface area contributed by atoms with Crippen LogP contribution in [-0.4, -0.2) is 25.0 Å². The number of nitrogens with zero attached hydrogens (tertiary/aromatic N) is 1. The van der Waals surface area contributed by atoms with E-state index < -0.39 is 5.91 Å². The number of ether oxygens (including phenoxy) is 1. The number of hydrogen-bond donors (Lipinski definition) is 1. The van der Waals surface area contributed by atoms with E-state index in [1.54, 1.807) is 11.0 Å². The van der Waals surface area contributed by atoms with E-state index in [0.29, 0.717) is 31.0 Å². The molecule has 0 saturated carbocycles. The molecule has 0 unspecified atom stereocenters. The zero-order valence-electron chi connectivity index (χ0n) is 9.39. The molecule has 0 radical (unpaired) electrons. The number of amides is 2. The topological polar surface area (TPSA) is 72.6 Å². The number of anilines is 1. The van der Waals surface area contributed by atoms with E-state index in [1.807, 2.05) is 18.2 Å². The lowest BCUT2D eigenvalue weighted by atomic mass is 10.2. The van der Waals surface area contributed by atoms with Gasteiger partial charge in [0, 0.05) is 13.0 Å². The number of carbonyl (C=O) groups excluding carboxylic acids is 2. The maximum absolute atomic E-state index is 11.9. The minimum Gasteiger partial charge on any atom is -0.491 e. The number of rotatable bonds is 3. The molecule has 1 aromatic rings. The molecule has 2 N–H and O–H groups in total. The highest BCUT2D eigenvalue weighted by Crippen LogP contribution is 2.30. The van der Waals surface area contributed by atoms with Crippen LogP contribution in [0.25, 0.3) is 0 Å². The van der Waals surface area contributed by atoms with Crippen molar-refractivity contribution < 1.29 is 14.3 Å². The summed E-state index contributed by atoms with van der Waals surface area (Å²) in [5.74, 6) is 0.208. The predicted molar refractivity (Wildman–Crippen MR) is 62.7 cm³/mol. The summed E-state index contributed by atoms with van der Waals surface area (Å²) in [6, 6.07) is 7.30. The van der Waals surface area contributed by atoms with Crippen molar-refractivity contribution in [2.45, 2.75) is 12.8 Å². The van der Waals surface area contributed by atoms with Crippen LogP contribution in [0.2, 0.25) is 0 Å². The zero-order chi connectivity index (χ0) is 12.3. The summed E-state index contributed by atoms with van der Waals surface area (Å²) in [4.78, 5) is 24.2. The molecular weight excluding hydrogens is 220 g/mol. The lowest BCUT2D eigenvalue weighted by Crippen LogP contribution is -2.33. The Morgan fingerprint density at radius 1 is 1.41 bits per heavy atom. The van der Waals surface area contributed by atoms with E-state index in [0.717, 1.165) is 0 Å². The second-order valence-corrected chi connectivity index (χ2v) is 3.83. The first-order valence-electron chi connectivity index (χ1n) is 5.49. The maximum atomic E-state index is 11.9. The Morgan fingerprint density at radius 3 is 2.94 bits per heavy atom. The van der Waals surface area contributed by atoms with E-state index >= 15 is 0 Å². The fraction of sp³-hybridized carbons (Fsp3) is 0.333. The fourth-order valence-corrected chi connectivity index (χ4v) is 1.79. The van der Waals surface area contributed by atoms with Crippen LogP contribution in [0.5, 0.6) is 5.75 Å². The summed E-state index contributed by atoms with van der Waals surface area (Å²) in [5.41, 5.74) is 5.81. The third-order valence-corrected chi connectivity index (χ3v) is 2.61. The van der Waals surface area contributed by atoms with Gasteiger partial charge in [0.05, 0.1) is 18.7 Å². The largest absolute Gasteiger partial charge is 0.491 e. The van der Waals surface area contributed by atoms with Crippen molar-refractivity contribution in [1.29, 1.82) is 0 Å². The van der Waals surface area contributed by atoms with E-state index in [9.17, 15) is 9.59 Å². The third kappa shape index (κ3) is 2.55. The predicted octanol–water partition coefficient (Wildman–Crippen LogP) is 0.677. The molecule has 5 heteroatoms. The van der Waals surface area contributed by atoms with Gasteiger partial charge in [0.25, 0.3) is 0 Å². The summed E-state index contributed by atoms with van der Waals surface area (Å²) in [6.45, 7) is 0.664. The molecule has 2 amide bonds. The minimum absolute atomic E-state index is 0.0452. The summed E-state index contributed by atoms with van der Waals surface area (Å²) in [6.07, 6.45) is 0.466. The number of carbonyl (C=O) groups is 2. The van der Waals surface area contributed by atoms with Crippen molar-refractivity contribution in [3.8, 4) is 5.75 Å². The molecule has 17 heavy (non-hydrogen) atoms. The molecule has 5 nitrogen and oxygen atoms in total. The molecule has 1 aromatic carbocycles. The lowest BCUT2D eigenvalue weighted by molar-refractivity contribution is -0.119. The van der Waals surface area contributed by atoms with Gasteiger partial charge in [-0.1, -0.05) is 12.1 Å². The second-order valence-electron chi connectivity index (χ2n) is 3.83. The molecule has 90 valence electrons. The Kier molecular flexibility index (Phi) is 3.27. The normalized spacial score (nSPS) is 14.8. The Labute approximate surface area is 99.2 Å². The van der Waals surface area contributed by atoms with Gasteiger partial charge in [0.1, 0.15) is 5.75 Å². The van der Waals surface area contributed by atoms with Crippen LogP contribution in [0.1, 0.15) is 12.8 Å². The van der Waals surface area contributed by atoms with Crippen LogP contribution in [0.3, 0.4) is 0 Å². The molecule has 0 atom stereocenters. The van der Waals surface area contributed by atoms with Crippen molar-refractivity contribution in [3.05, 3.63) is 24.3 Å². The van der Waals surface area contributed by atoms with Crippen molar-refractivity contribution in [3.63, 3.8) is 0 Å².